The number of benzene rings is 1. The number of thiophene rings is 1. The Labute approximate surface area is 190 Å². The molecule has 0 atom stereocenters. The Bertz CT molecular complexity index is 1170. The minimum atomic E-state index is -0.401. The van der Waals surface area contributed by atoms with Gasteiger partial charge < -0.3 is 10.5 Å². The zero-order valence-corrected chi connectivity index (χ0v) is 18.9. The van der Waals surface area contributed by atoms with Crippen molar-refractivity contribution in [2.24, 2.45) is 0 Å². The van der Waals surface area contributed by atoms with Crippen molar-refractivity contribution in [3.05, 3.63) is 62.4 Å². The van der Waals surface area contributed by atoms with Crippen LogP contribution in [0, 0.1) is 24.1 Å². The molecule has 1 aliphatic rings. The van der Waals surface area contributed by atoms with Gasteiger partial charge in [-0.1, -0.05) is 24.4 Å². The van der Waals surface area contributed by atoms with Crippen molar-refractivity contribution in [1.82, 2.24) is 4.98 Å². The maximum atomic E-state index is 13.3. The summed E-state index contributed by atoms with van der Waals surface area (Å²) in [5, 5.41) is 10.1. The van der Waals surface area contributed by atoms with E-state index in [-0.39, 0.29) is 5.02 Å². The number of hydrogen-bond donors (Lipinski definition) is 1. The predicted octanol–water partition coefficient (Wildman–Crippen LogP) is 6.60. The van der Waals surface area contributed by atoms with Gasteiger partial charge in [-0.3, -0.25) is 0 Å². The molecule has 0 bridgehead atoms. The van der Waals surface area contributed by atoms with E-state index < -0.39 is 5.82 Å². The van der Waals surface area contributed by atoms with E-state index in [0.717, 1.165) is 57.8 Å². The van der Waals surface area contributed by atoms with Gasteiger partial charge in [0.25, 0.3) is 0 Å². The summed E-state index contributed by atoms with van der Waals surface area (Å²) in [6.07, 6.45) is 6.35. The van der Waals surface area contributed by atoms with Gasteiger partial charge in [0.2, 0.25) is 0 Å². The number of pyridine rings is 1. The Hall–Kier alpha value is -2.62. The van der Waals surface area contributed by atoms with Crippen LogP contribution in [0.3, 0.4) is 0 Å². The van der Waals surface area contributed by atoms with Gasteiger partial charge in [-0.15, -0.1) is 11.3 Å². The highest BCUT2D eigenvalue weighted by Crippen LogP contribution is 2.40. The molecule has 0 aliphatic heterocycles. The molecule has 1 aliphatic carbocycles. The van der Waals surface area contributed by atoms with E-state index in [1.807, 2.05) is 6.92 Å². The van der Waals surface area contributed by atoms with Crippen LogP contribution in [0.5, 0.6) is 5.75 Å². The quantitative estimate of drug-likeness (QED) is 0.480. The predicted molar refractivity (Wildman–Crippen MR) is 123 cm³/mol. The van der Waals surface area contributed by atoms with Gasteiger partial charge in [-0.05, 0) is 62.4 Å². The summed E-state index contributed by atoms with van der Waals surface area (Å²) in [5.74, 6) is 0.340. The minimum absolute atomic E-state index is 0.239. The highest BCUT2D eigenvalue weighted by Gasteiger charge is 2.22. The number of rotatable bonds is 4. The van der Waals surface area contributed by atoms with Crippen LogP contribution in [0.1, 0.15) is 52.9 Å². The Kier molecular flexibility index (Phi) is 6.45. The number of nitriles is 1. The molecule has 0 amide bonds. The van der Waals surface area contributed by atoms with Gasteiger partial charge >= 0.3 is 0 Å². The molecule has 160 valence electrons. The average Bonchev–Trinajstić information content (AvgIpc) is 3.08. The van der Waals surface area contributed by atoms with Crippen molar-refractivity contribution in [2.45, 2.75) is 52.1 Å². The molecule has 0 saturated carbocycles. The molecule has 4 nitrogen and oxygen atoms in total. The standard InChI is InChI=1S/C24H23ClFN3OS/c1-14-15(13-30-21-9-8-16(26)11-19(21)25)10-22(31-14)23-17-6-4-2-3-5-7-20(17)29-24(28)18(23)12-27/h8-11H,2-7,13H2,1H3,(H2,28,29). The van der Waals surface area contributed by atoms with Crippen LogP contribution < -0.4 is 10.5 Å². The van der Waals surface area contributed by atoms with E-state index in [1.165, 1.54) is 31.0 Å². The minimum Gasteiger partial charge on any atom is -0.487 e. The second kappa shape index (κ2) is 9.25. The Morgan fingerprint density at radius 1 is 1.23 bits per heavy atom. The van der Waals surface area contributed by atoms with Crippen LogP contribution in [0.2, 0.25) is 5.02 Å². The van der Waals surface area contributed by atoms with Gasteiger partial charge in [0.15, 0.2) is 0 Å². The smallest absolute Gasteiger partial charge is 0.142 e. The molecule has 0 unspecified atom stereocenters. The lowest BCUT2D eigenvalue weighted by atomic mass is 9.90. The van der Waals surface area contributed by atoms with Crippen LogP contribution in [0.25, 0.3) is 10.4 Å². The Morgan fingerprint density at radius 2 is 2.00 bits per heavy atom. The monoisotopic (exact) mass is 455 g/mol. The molecule has 0 fully saturated rings. The number of fused-ring (bicyclic) bond motifs is 1. The molecule has 2 aromatic heterocycles. The van der Waals surface area contributed by atoms with E-state index in [1.54, 1.807) is 11.3 Å². The van der Waals surface area contributed by atoms with E-state index in [9.17, 15) is 9.65 Å². The number of anilines is 1. The van der Waals surface area contributed by atoms with Gasteiger partial charge in [-0.25, -0.2) is 9.37 Å². The molecule has 7 heteroatoms. The fourth-order valence-electron chi connectivity index (χ4n) is 4.04. The molecule has 0 radical (unpaired) electrons. The van der Waals surface area contributed by atoms with Gasteiger partial charge in [0.1, 0.15) is 35.6 Å². The SMILES string of the molecule is Cc1sc(-c2c(C#N)c(N)nc3c2CCCCCC3)cc1COc1ccc(F)cc1Cl. The molecule has 3 aromatic rings. The summed E-state index contributed by atoms with van der Waals surface area (Å²) in [4.78, 5) is 6.68. The van der Waals surface area contributed by atoms with Crippen molar-refractivity contribution in [2.75, 3.05) is 5.73 Å². The Morgan fingerprint density at radius 3 is 2.74 bits per heavy atom. The van der Waals surface area contributed by atoms with Crippen molar-refractivity contribution in [1.29, 1.82) is 5.26 Å². The molecule has 2 N–H and O–H groups in total. The summed E-state index contributed by atoms with van der Waals surface area (Å²) >= 11 is 7.71. The molecule has 4 rings (SSSR count). The van der Waals surface area contributed by atoms with Crippen LogP contribution >= 0.6 is 22.9 Å². The summed E-state index contributed by atoms with van der Waals surface area (Å²) in [6, 6.07) is 8.43. The highest BCUT2D eigenvalue weighted by atomic mass is 35.5. The third-order valence-electron chi connectivity index (χ3n) is 5.66. The zero-order valence-electron chi connectivity index (χ0n) is 17.3. The number of halogens is 2. The lowest BCUT2D eigenvalue weighted by molar-refractivity contribution is 0.306. The fourth-order valence-corrected chi connectivity index (χ4v) is 5.36. The second-order valence-electron chi connectivity index (χ2n) is 7.75. The maximum Gasteiger partial charge on any atom is 0.142 e. The van der Waals surface area contributed by atoms with Crippen LogP contribution in [0.4, 0.5) is 10.2 Å². The maximum absolute atomic E-state index is 13.3. The Balaban J connectivity index is 1.71. The van der Waals surface area contributed by atoms with Crippen molar-refractivity contribution in [3.63, 3.8) is 0 Å². The summed E-state index contributed by atoms with van der Waals surface area (Å²) in [6.45, 7) is 2.33. The summed E-state index contributed by atoms with van der Waals surface area (Å²) < 4.78 is 19.1. The normalized spacial score (nSPS) is 13.7. The van der Waals surface area contributed by atoms with Crippen molar-refractivity contribution in [3.8, 4) is 22.3 Å². The first-order valence-electron chi connectivity index (χ1n) is 10.4. The summed E-state index contributed by atoms with van der Waals surface area (Å²) in [7, 11) is 0. The summed E-state index contributed by atoms with van der Waals surface area (Å²) in [5.41, 5.74) is 10.7. The molecule has 0 saturated heterocycles. The molecular formula is C24H23ClFN3OS. The van der Waals surface area contributed by atoms with Crippen LogP contribution in [0.15, 0.2) is 24.3 Å². The number of ether oxygens (including phenoxy) is 1. The van der Waals surface area contributed by atoms with E-state index >= 15 is 0 Å². The number of hydrogen-bond acceptors (Lipinski definition) is 5. The van der Waals surface area contributed by atoms with Gasteiger partial charge in [0, 0.05) is 26.6 Å². The second-order valence-corrected chi connectivity index (χ2v) is 9.42. The number of nitrogens with two attached hydrogens (primary N) is 1. The van der Waals surface area contributed by atoms with Crippen LogP contribution in [-0.4, -0.2) is 4.98 Å². The van der Waals surface area contributed by atoms with E-state index in [0.29, 0.717) is 23.7 Å². The number of nitrogens with zero attached hydrogens (tertiary/aromatic N) is 2. The van der Waals surface area contributed by atoms with Gasteiger partial charge in [0.05, 0.1) is 5.02 Å². The average molecular weight is 456 g/mol. The van der Waals surface area contributed by atoms with Crippen molar-refractivity contribution >= 4 is 28.8 Å². The largest absolute Gasteiger partial charge is 0.487 e. The molecule has 0 spiro atoms. The lowest BCUT2D eigenvalue weighted by Gasteiger charge is -2.18. The third kappa shape index (κ3) is 4.53. The fraction of sp³-hybridized carbons (Fsp3) is 0.333. The lowest BCUT2D eigenvalue weighted by Crippen LogP contribution is -2.09. The molecular weight excluding hydrogens is 433 g/mol. The van der Waals surface area contributed by atoms with Crippen LogP contribution in [-0.2, 0) is 19.4 Å². The molecule has 1 aromatic carbocycles. The number of aromatic nitrogens is 1. The first kappa shape index (κ1) is 21.6. The first-order valence-corrected chi connectivity index (χ1v) is 11.6. The number of aryl methyl sites for hydroxylation is 2. The highest BCUT2D eigenvalue weighted by molar-refractivity contribution is 7.15. The first-order chi connectivity index (χ1) is 15.0. The zero-order chi connectivity index (χ0) is 22.0. The molecule has 31 heavy (non-hydrogen) atoms. The topological polar surface area (TPSA) is 71.9 Å². The van der Waals surface area contributed by atoms with Crippen molar-refractivity contribution < 1.29 is 9.13 Å². The van der Waals surface area contributed by atoms with Gasteiger partial charge in [-0.2, -0.15) is 5.26 Å². The number of nitrogen functional groups attached to an aromatic ring is 1. The van der Waals surface area contributed by atoms with E-state index in [4.69, 9.17) is 22.1 Å². The van der Waals surface area contributed by atoms with E-state index in [2.05, 4.69) is 17.1 Å². The third-order valence-corrected chi connectivity index (χ3v) is 7.06. The molecule has 2 heterocycles.